The van der Waals surface area contributed by atoms with E-state index >= 15 is 0 Å². The van der Waals surface area contributed by atoms with Crippen molar-refractivity contribution < 1.29 is 19.4 Å². The average Bonchev–Trinajstić information content (AvgIpc) is 2.59. The van der Waals surface area contributed by atoms with E-state index in [-0.39, 0.29) is 18.2 Å². The summed E-state index contributed by atoms with van der Waals surface area (Å²) >= 11 is 0. The number of carbonyl (C=O) groups excluding carboxylic acids is 1. The van der Waals surface area contributed by atoms with Gasteiger partial charge in [-0.15, -0.1) is 0 Å². The normalized spacial score (nSPS) is 13.7. The summed E-state index contributed by atoms with van der Waals surface area (Å²) in [6, 6.07) is 0. The molecule has 0 amide bonds. The van der Waals surface area contributed by atoms with Crippen LogP contribution in [0, 0.1) is 0 Å². The molecular formula is C20H40O4. The van der Waals surface area contributed by atoms with Crippen LogP contribution in [0.1, 0.15) is 96.8 Å². The number of rotatable bonds is 17. The fourth-order valence-corrected chi connectivity index (χ4v) is 3.03. The smallest absolute Gasteiger partial charge is 0.305 e. The molecule has 0 bridgehead atoms. The molecule has 0 radical (unpaired) electrons. The molecule has 0 saturated carbocycles. The van der Waals surface area contributed by atoms with Crippen molar-refractivity contribution >= 4 is 5.97 Å². The van der Waals surface area contributed by atoms with Crippen LogP contribution in [0.4, 0.5) is 0 Å². The Morgan fingerprint density at radius 1 is 0.833 bits per heavy atom. The van der Waals surface area contributed by atoms with Crippen LogP contribution in [0.2, 0.25) is 0 Å². The van der Waals surface area contributed by atoms with Crippen LogP contribution >= 0.6 is 0 Å². The molecule has 0 rings (SSSR count). The molecule has 1 N–H and O–H groups in total. The Hall–Kier alpha value is -0.610. The van der Waals surface area contributed by atoms with Crippen LogP contribution in [0.5, 0.6) is 0 Å². The van der Waals surface area contributed by atoms with E-state index in [0.717, 1.165) is 38.5 Å². The fourth-order valence-electron chi connectivity index (χ4n) is 3.03. The highest BCUT2D eigenvalue weighted by Crippen LogP contribution is 2.17. The van der Waals surface area contributed by atoms with Crippen LogP contribution in [-0.4, -0.2) is 37.5 Å². The van der Waals surface area contributed by atoms with Crippen molar-refractivity contribution in [3.8, 4) is 0 Å². The molecular weight excluding hydrogens is 304 g/mol. The lowest BCUT2D eigenvalue weighted by Gasteiger charge is -2.21. The summed E-state index contributed by atoms with van der Waals surface area (Å²) in [4.78, 5) is 11.0. The molecule has 0 aromatic carbocycles. The Morgan fingerprint density at radius 2 is 1.38 bits per heavy atom. The second-order valence-corrected chi connectivity index (χ2v) is 6.78. The first-order chi connectivity index (χ1) is 11.7. The molecule has 0 heterocycles. The van der Waals surface area contributed by atoms with Gasteiger partial charge < -0.3 is 14.6 Å². The summed E-state index contributed by atoms with van der Waals surface area (Å²) in [5.74, 6) is -0.145. The summed E-state index contributed by atoms with van der Waals surface area (Å²) in [6.07, 6.45) is 14.8. The Kier molecular flexibility index (Phi) is 16.8. The first-order valence-electron chi connectivity index (χ1n) is 9.93. The van der Waals surface area contributed by atoms with Crippen molar-refractivity contribution in [1.82, 2.24) is 0 Å². The van der Waals surface area contributed by atoms with Crippen LogP contribution < -0.4 is 0 Å². The SMILES string of the molecule is CCCCCCCCCCC(O)C(CCCCCC(=O)OC)OC. The maximum atomic E-state index is 11.0. The van der Waals surface area contributed by atoms with Gasteiger partial charge in [0.2, 0.25) is 0 Å². The molecule has 24 heavy (non-hydrogen) atoms. The lowest BCUT2D eigenvalue weighted by Crippen LogP contribution is -2.28. The standard InChI is InChI=1S/C20H40O4/c1-4-5-6-7-8-9-10-12-15-18(21)19(23-2)16-13-11-14-17-20(22)24-3/h18-19,21H,4-17H2,1-3H3. The lowest BCUT2D eigenvalue weighted by molar-refractivity contribution is -0.140. The van der Waals surface area contributed by atoms with Crippen LogP contribution in [0.25, 0.3) is 0 Å². The molecule has 0 fully saturated rings. The van der Waals surface area contributed by atoms with Crippen molar-refractivity contribution in [3.63, 3.8) is 0 Å². The zero-order valence-electron chi connectivity index (χ0n) is 16.2. The molecule has 2 unspecified atom stereocenters. The van der Waals surface area contributed by atoms with Gasteiger partial charge in [-0.1, -0.05) is 71.1 Å². The minimum Gasteiger partial charge on any atom is -0.469 e. The molecule has 2 atom stereocenters. The molecule has 4 nitrogen and oxygen atoms in total. The van der Waals surface area contributed by atoms with Gasteiger partial charge in [-0.2, -0.15) is 0 Å². The summed E-state index contributed by atoms with van der Waals surface area (Å²) < 4.78 is 10.1. The van der Waals surface area contributed by atoms with Gasteiger partial charge in [0.1, 0.15) is 0 Å². The molecule has 0 aliphatic carbocycles. The minimum absolute atomic E-state index is 0.0762. The maximum absolute atomic E-state index is 11.0. The third-order valence-electron chi connectivity index (χ3n) is 4.68. The summed E-state index contributed by atoms with van der Waals surface area (Å²) in [5.41, 5.74) is 0. The number of hydrogen-bond acceptors (Lipinski definition) is 4. The number of carbonyl (C=O) groups is 1. The predicted molar refractivity (Wildman–Crippen MR) is 99.1 cm³/mol. The number of hydrogen-bond donors (Lipinski definition) is 1. The van der Waals surface area contributed by atoms with E-state index < -0.39 is 0 Å². The van der Waals surface area contributed by atoms with Crippen molar-refractivity contribution in [1.29, 1.82) is 0 Å². The summed E-state index contributed by atoms with van der Waals surface area (Å²) in [6.45, 7) is 2.24. The molecule has 0 aliphatic rings. The van der Waals surface area contributed by atoms with Crippen LogP contribution in [0.15, 0.2) is 0 Å². The van der Waals surface area contributed by atoms with Gasteiger partial charge in [-0.25, -0.2) is 0 Å². The van der Waals surface area contributed by atoms with E-state index in [1.54, 1.807) is 7.11 Å². The van der Waals surface area contributed by atoms with Crippen molar-refractivity contribution in [2.45, 2.75) is 109 Å². The van der Waals surface area contributed by atoms with Gasteiger partial charge in [0.25, 0.3) is 0 Å². The number of ether oxygens (including phenoxy) is 2. The van der Waals surface area contributed by atoms with Crippen molar-refractivity contribution in [2.75, 3.05) is 14.2 Å². The number of esters is 1. The van der Waals surface area contributed by atoms with Crippen LogP contribution in [-0.2, 0) is 14.3 Å². The molecule has 0 aliphatic heterocycles. The Morgan fingerprint density at radius 3 is 1.96 bits per heavy atom. The summed E-state index contributed by atoms with van der Waals surface area (Å²) in [5, 5.41) is 10.3. The molecule has 144 valence electrons. The molecule has 4 heteroatoms. The number of aliphatic hydroxyl groups excluding tert-OH is 1. The number of methoxy groups -OCH3 is 2. The van der Waals surface area contributed by atoms with Crippen molar-refractivity contribution in [2.24, 2.45) is 0 Å². The van der Waals surface area contributed by atoms with E-state index in [2.05, 4.69) is 11.7 Å². The van der Waals surface area contributed by atoms with Crippen molar-refractivity contribution in [3.05, 3.63) is 0 Å². The predicted octanol–water partition coefficient (Wildman–Crippen LogP) is 5.02. The Balaban J connectivity index is 3.59. The monoisotopic (exact) mass is 344 g/mol. The minimum atomic E-state index is -0.365. The van der Waals surface area contributed by atoms with E-state index in [4.69, 9.17) is 4.74 Å². The highest BCUT2D eigenvalue weighted by molar-refractivity contribution is 5.68. The second-order valence-electron chi connectivity index (χ2n) is 6.78. The maximum Gasteiger partial charge on any atom is 0.305 e. The van der Waals surface area contributed by atoms with E-state index in [9.17, 15) is 9.90 Å². The zero-order valence-corrected chi connectivity index (χ0v) is 16.2. The van der Waals surface area contributed by atoms with E-state index in [1.807, 2.05) is 0 Å². The number of aliphatic hydroxyl groups is 1. The number of unbranched alkanes of at least 4 members (excludes halogenated alkanes) is 9. The highest BCUT2D eigenvalue weighted by Gasteiger charge is 2.17. The third-order valence-corrected chi connectivity index (χ3v) is 4.68. The fraction of sp³-hybridized carbons (Fsp3) is 0.950. The van der Waals surface area contributed by atoms with Gasteiger partial charge in [0.15, 0.2) is 0 Å². The largest absolute Gasteiger partial charge is 0.469 e. The van der Waals surface area contributed by atoms with Gasteiger partial charge >= 0.3 is 5.97 Å². The molecule has 0 spiro atoms. The van der Waals surface area contributed by atoms with Gasteiger partial charge in [-0.3, -0.25) is 4.79 Å². The molecule has 0 aromatic heterocycles. The first-order valence-corrected chi connectivity index (χ1v) is 9.93. The van der Waals surface area contributed by atoms with Gasteiger partial charge in [-0.05, 0) is 19.3 Å². The zero-order chi connectivity index (χ0) is 18.0. The van der Waals surface area contributed by atoms with Gasteiger partial charge in [0.05, 0.1) is 19.3 Å². The lowest BCUT2D eigenvalue weighted by atomic mass is 9.99. The van der Waals surface area contributed by atoms with E-state index in [0.29, 0.717) is 6.42 Å². The first kappa shape index (κ1) is 23.4. The summed E-state index contributed by atoms with van der Waals surface area (Å²) in [7, 11) is 3.10. The Bertz CT molecular complexity index is 281. The third kappa shape index (κ3) is 13.8. The quantitative estimate of drug-likeness (QED) is 0.297. The molecule has 0 aromatic rings. The highest BCUT2D eigenvalue weighted by atomic mass is 16.5. The molecule has 0 saturated heterocycles. The topological polar surface area (TPSA) is 55.8 Å². The van der Waals surface area contributed by atoms with Gasteiger partial charge in [0, 0.05) is 13.5 Å². The van der Waals surface area contributed by atoms with Crippen LogP contribution in [0.3, 0.4) is 0 Å². The Labute approximate surface area is 149 Å². The second kappa shape index (κ2) is 17.2. The van der Waals surface area contributed by atoms with E-state index in [1.165, 1.54) is 52.1 Å². The average molecular weight is 345 g/mol.